The van der Waals surface area contributed by atoms with E-state index in [1.54, 1.807) is 0 Å². The molecule has 0 aromatic heterocycles. The zero-order chi connectivity index (χ0) is 3.41. The molecule has 5 heavy (non-hydrogen) atoms. The van der Waals surface area contributed by atoms with E-state index < -0.39 is 0 Å². The summed E-state index contributed by atoms with van der Waals surface area (Å²) in [5, 5.41) is 0. The molecule has 5 heteroatoms. The molecule has 0 rings (SSSR count). The fourth-order valence-electron chi connectivity index (χ4n) is 0. The summed E-state index contributed by atoms with van der Waals surface area (Å²) < 4.78 is 0. The molecule has 0 N–H and O–H groups in total. The predicted octanol–water partition coefficient (Wildman–Crippen LogP) is -0.0122. The van der Waals surface area contributed by atoms with Crippen LogP contribution in [0.2, 0.25) is 0 Å². The fourth-order valence-corrected chi connectivity index (χ4v) is 0. The van der Waals surface area contributed by atoms with Gasteiger partial charge in [-0.1, -0.05) is 0 Å². The van der Waals surface area contributed by atoms with Gasteiger partial charge in [0.2, 0.25) is 0 Å². The van der Waals surface area contributed by atoms with Crippen molar-refractivity contribution in [1.29, 1.82) is 0 Å². The van der Waals surface area contributed by atoms with Crippen LogP contribution in [0, 0.1) is 0 Å². The Bertz CT molecular complexity index is 55.0. The van der Waals surface area contributed by atoms with Gasteiger partial charge in [0.05, 0.1) is 0 Å². The Morgan fingerprint density at radius 3 is 1.80 bits per heavy atom. The maximum Gasteiger partial charge on any atom is 0 e. The summed E-state index contributed by atoms with van der Waals surface area (Å²) in [6.45, 7) is 0. The van der Waals surface area contributed by atoms with Gasteiger partial charge in [-0.3, -0.25) is 0 Å². The van der Waals surface area contributed by atoms with Crippen LogP contribution in [0.15, 0.2) is 0 Å². The molecule has 0 aliphatic rings. The second kappa shape index (κ2) is 9.20. The van der Waals surface area contributed by atoms with Crippen LogP contribution in [-0.2, 0) is 59.8 Å². The third-order valence-electron chi connectivity index (χ3n) is 0.0241. The van der Waals surface area contributed by atoms with Gasteiger partial charge in [-0.05, 0) is 0 Å². The van der Waals surface area contributed by atoms with Crippen molar-refractivity contribution in [2.45, 2.75) is 0 Å². The van der Waals surface area contributed by atoms with Gasteiger partial charge in [-0.15, -0.1) is 0 Å². The summed E-state index contributed by atoms with van der Waals surface area (Å²) in [6.07, 6.45) is 0. The van der Waals surface area contributed by atoms with Gasteiger partial charge in [0.25, 0.3) is 0 Å². The molecule has 0 unspecified atom stereocenters. The molecule has 0 radical (unpaired) electrons. The minimum absolute atomic E-state index is 0. The van der Waals surface area contributed by atoms with Crippen LogP contribution in [0.4, 0.5) is 0 Å². The Hall–Kier alpha value is 1.70. The van der Waals surface area contributed by atoms with Crippen molar-refractivity contribution in [3.8, 4) is 0 Å². The molecular formula is Fe2S3. The van der Waals surface area contributed by atoms with Gasteiger partial charge in [0.15, 0.2) is 0 Å². The van der Waals surface area contributed by atoms with E-state index in [9.17, 15) is 0 Å². The van der Waals surface area contributed by atoms with Crippen LogP contribution < -0.4 is 0 Å². The van der Waals surface area contributed by atoms with E-state index >= 15 is 0 Å². The van der Waals surface area contributed by atoms with Crippen molar-refractivity contribution in [2.24, 2.45) is 0 Å². The third-order valence-corrected chi connectivity index (χ3v) is 2.68. The maximum absolute atomic E-state index is 4.37. The minimum Gasteiger partial charge on any atom is 0 e. The van der Waals surface area contributed by atoms with Gasteiger partial charge in [-0.25, -0.2) is 0 Å². The number of hydrogen-bond acceptors (Lipinski definition) is 1. The summed E-state index contributed by atoms with van der Waals surface area (Å²) in [6, 6.07) is 0. The molecule has 0 aliphatic heterocycles. The molecule has 0 bridgehead atoms. The predicted molar refractivity (Wildman–Crippen MR) is 22.1 cm³/mol. The van der Waals surface area contributed by atoms with Crippen molar-refractivity contribution in [2.75, 3.05) is 0 Å². The largest absolute Gasteiger partial charge is 0 e. The Kier molecular flexibility index (Phi) is 18.1. The van der Waals surface area contributed by atoms with Gasteiger partial charge >= 0.3 is 42.7 Å². The van der Waals surface area contributed by atoms with E-state index in [1.165, 1.54) is 17.1 Å². The Morgan fingerprint density at radius 1 is 1.60 bits per heavy atom. The van der Waals surface area contributed by atoms with Crippen LogP contribution in [0.1, 0.15) is 0 Å². The van der Waals surface area contributed by atoms with Gasteiger partial charge < -0.3 is 0 Å². The molecule has 0 atom stereocenters. The summed E-state index contributed by atoms with van der Waals surface area (Å²) >= 11 is 7.75. The van der Waals surface area contributed by atoms with Gasteiger partial charge in [-0.2, -0.15) is 0 Å². The smallest absolute Gasteiger partial charge is 0 e. The zero-order valence-electron chi connectivity index (χ0n) is 1.93. The first kappa shape index (κ1) is 9.85. The molecule has 0 nitrogen and oxygen atoms in total. The van der Waals surface area contributed by atoms with Crippen LogP contribution in [-0.4, -0.2) is 0 Å². The first-order valence-corrected chi connectivity index (χ1v) is 4.79. The monoisotopic (exact) mass is 208 g/mol. The van der Waals surface area contributed by atoms with Crippen molar-refractivity contribution >= 4 is 28.3 Å². The molecule has 34 valence electrons. The van der Waals surface area contributed by atoms with Crippen molar-refractivity contribution in [3.05, 3.63) is 0 Å². The average molecular weight is 208 g/mol. The van der Waals surface area contributed by atoms with E-state index in [4.69, 9.17) is 0 Å². The van der Waals surface area contributed by atoms with E-state index in [0.29, 0.717) is 0 Å². The van der Waals surface area contributed by atoms with Crippen molar-refractivity contribution in [1.82, 2.24) is 0 Å². The maximum atomic E-state index is 4.37. The molecular weight excluding hydrogens is 208 g/mol. The molecule has 0 heterocycles. The normalized spacial score (nSPS) is 4.20. The van der Waals surface area contributed by atoms with E-state index in [0.717, 1.165) is 0 Å². The molecule has 0 saturated heterocycles. The van der Waals surface area contributed by atoms with E-state index in [-0.39, 0.29) is 17.1 Å². The first-order chi connectivity index (χ1) is 1.91. The van der Waals surface area contributed by atoms with E-state index in [1.807, 2.05) is 0 Å². The summed E-state index contributed by atoms with van der Waals surface area (Å²) in [4.78, 5) is 0. The molecule has 0 saturated carbocycles. The average Bonchev–Trinajstić information content (AvgIpc) is 1.37. The summed E-state index contributed by atoms with van der Waals surface area (Å²) in [5.41, 5.74) is 0. The van der Waals surface area contributed by atoms with Crippen molar-refractivity contribution < 1.29 is 31.5 Å². The molecule has 0 fully saturated rings. The molecule has 0 spiro atoms. The van der Waals surface area contributed by atoms with Crippen LogP contribution in [0.25, 0.3) is 0 Å². The Balaban J connectivity index is 0. The Morgan fingerprint density at radius 2 is 1.80 bits per heavy atom. The van der Waals surface area contributed by atoms with E-state index in [2.05, 4.69) is 25.6 Å². The standard InChI is InChI=1S/2Fe.S3/c;;1-3-2. The van der Waals surface area contributed by atoms with Gasteiger partial charge in [0.1, 0.15) is 0 Å². The third kappa shape index (κ3) is 10.7. The molecule has 0 aromatic rings. The minimum atomic E-state index is 0. The second-order valence-electron chi connectivity index (χ2n) is 0.127. The SMILES string of the molecule is S=S=[S]=[Fe].[Fe]. The quantitative estimate of drug-likeness (QED) is 0.504. The van der Waals surface area contributed by atoms with Crippen LogP contribution in [0.3, 0.4) is 0 Å². The molecule has 0 amide bonds. The first-order valence-electron chi connectivity index (χ1n) is 0.478. The zero-order valence-corrected chi connectivity index (χ0v) is 6.59. The molecule has 0 aliphatic carbocycles. The number of hydrogen-bond donors (Lipinski definition) is 0. The number of rotatable bonds is 0. The van der Waals surface area contributed by atoms with Crippen LogP contribution in [0.5, 0.6) is 0 Å². The summed E-state index contributed by atoms with van der Waals surface area (Å²) in [7, 11) is 2.58. The van der Waals surface area contributed by atoms with Crippen LogP contribution >= 0.6 is 0 Å². The topological polar surface area (TPSA) is 0 Å². The summed E-state index contributed by atoms with van der Waals surface area (Å²) in [5.74, 6) is 0. The van der Waals surface area contributed by atoms with Crippen molar-refractivity contribution in [3.63, 3.8) is 0 Å². The fraction of sp³-hybridized carbons (Fsp3) is 0. The molecule has 0 aromatic carbocycles. The Labute approximate surface area is 59.3 Å². The second-order valence-corrected chi connectivity index (χ2v) is 4.02. The van der Waals surface area contributed by atoms with Gasteiger partial charge in [0, 0.05) is 17.1 Å².